The predicted octanol–water partition coefficient (Wildman–Crippen LogP) is 1.88. The van der Waals surface area contributed by atoms with Crippen LogP contribution in [0.2, 0.25) is 5.02 Å². The number of urea groups is 1. The minimum absolute atomic E-state index is 0.298. The highest BCUT2D eigenvalue weighted by molar-refractivity contribution is 6.31. The molecule has 0 bridgehead atoms. The van der Waals surface area contributed by atoms with Gasteiger partial charge in [-0.25, -0.2) is 9.59 Å². The average molecular weight is 315 g/mol. The lowest BCUT2D eigenvalue weighted by molar-refractivity contribution is -0.155. The van der Waals surface area contributed by atoms with E-state index in [1.807, 2.05) is 12.1 Å². The number of hydrogen-bond acceptors (Lipinski definition) is 3. The van der Waals surface area contributed by atoms with Crippen LogP contribution in [0.15, 0.2) is 24.3 Å². The molecule has 0 radical (unpaired) electrons. The highest BCUT2D eigenvalue weighted by Gasteiger charge is 2.31. The van der Waals surface area contributed by atoms with Crippen molar-refractivity contribution in [2.45, 2.75) is 25.5 Å². The molecule has 1 aromatic rings. The summed E-state index contributed by atoms with van der Waals surface area (Å²) in [5.74, 6) is -1.40. The third kappa shape index (κ3) is 4.34. The third-order valence-electron chi connectivity index (χ3n) is 3.30. The number of hydrogen-bond donors (Lipinski definition) is 3. The van der Waals surface area contributed by atoms with Crippen LogP contribution in [0.5, 0.6) is 0 Å². The van der Waals surface area contributed by atoms with Crippen molar-refractivity contribution in [2.75, 3.05) is 13.6 Å². The molecular formula is C14H19ClN2O4. The Morgan fingerprint density at radius 3 is 2.52 bits per heavy atom. The lowest BCUT2D eigenvalue weighted by Gasteiger charge is -2.27. The summed E-state index contributed by atoms with van der Waals surface area (Å²) >= 11 is 6.08. The smallest absolute Gasteiger partial charge is 0.337 e. The van der Waals surface area contributed by atoms with Gasteiger partial charge < -0.3 is 20.4 Å². The highest BCUT2D eigenvalue weighted by atomic mass is 35.5. The molecule has 2 amide bonds. The summed E-state index contributed by atoms with van der Waals surface area (Å²) in [4.78, 5) is 24.2. The fourth-order valence-electron chi connectivity index (χ4n) is 1.65. The van der Waals surface area contributed by atoms with Crippen molar-refractivity contribution in [1.29, 1.82) is 0 Å². The zero-order valence-electron chi connectivity index (χ0n) is 12.1. The molecule has 3 N–H and O–H groups in total. The fraction of sp³-hybridized carbons (Fsp3) is 0.429. The van der Waals surface area contributed by atoms with Crippen molar-refractivity contribution in [3.05, 3.63) is 34.9 Å². The van der Waals surface area contributed by atoms with Gasteiger partial charge >= 0.3 is 12.0 Å². The summed E-state index contributed by atoms with van der Waals surface area (Å²) in [7, 11) is 1.57. The van der Waals surface area contributed by atoms with Crippen molar-refractivity contribution >= 4 is 23.6 Å². The molecule has 0 aliphatic rings. The van der Waals surface area contributed by atoms with Crippen LogP contribution in [-0.2, 0) is 4.79 Å². The molecule has 7 heteroatoms. The van der Waals surface area contributed by atoms with E-state index in [-0.39, 0.29) is 12.6 Å². The number of halogens is 1. The Kier molecular flexibility index (Phi) is 5.57. The van der Waals surface area contributed by atoms with E-state index in [4.69, 9.17) is 16.7 Å². The Morgan fingerprint density at radius 1 is 1.43 bits per heavy atom. The van der Waals surface area contributed by atoms with Gasteiger partial charge in [-0.2, -0.15) is 0 Å². The zero-order valence-corrected chi connectivity index (χ0v) is 12.9. The van der Waals surface area contributed by atoms with Gasteiger partial charge in [0.2, 0.25) is 0 Å². The van der Waals surface area contributed by atoms with Gasteiger partial charge in [-0.05, 0) is 25.5 Å². The van der Waals surface area contributed by atoms with E-state index in [9.17, 15) is 14.7 Å². The van der Waals surface area contributed by atoms with E-state index in [0.29, 0.717) is 5.02 Å². The molecule has 6 nitrogen and oxygen atoms in total. The van der Waals surface area contributed by atoms with E-state index in [2.05, 4.69) is 5.32 Å². The van der Waals surface area contributed by atoms with Crippen molar-refractivity contribution in [3.8, 4) is 0 Å². The number of aliphatic carboxylic acids is 1. The Morgan fingerprint density at radius 2 is 2.00 bits per heavy atom. The number of aliphatic hydroxyl groups is 1. The molecule has 1 rings (SSSR count). The second kappa shape index (κ2) is 6.78. The Hall–Kier alpha value is -1.79. The Balaban J connectivity index is 2.71. The van der Waals surface area contributed by atoms with Crippen LogP contribution in [0.1, 0.15) is 25.5 Å². The summed E-state index contributed by atoms with van der Waals surface area (Å²) in [6, 6.07) is 6.36. The SMILES string of the molecule is CC(c1ccccc1Cl)N(C)C(=O)NCC(C)(O)C(=O)O. The van der Waals surface area contributed by atoms with Gasteiger partial charge in [-0.1, -0.05) is 29.8 Å². The van der Waals surface area contributed by atoms with Crippen LogP contribution in [0.3, 0.4) is 0 Å². The molecule has 116 valence electrons. The Labute approximate surface area is 128 Å². The number of nitrogens with one attached hydrogen (secondary N) is 1. The van der Waals surface area contributed by atoms with Crippen LogP contribution in [0, 0.1) is 0 Å². The third-order valence-corrected chi connectivity index (χ3v) is 3.65. The van der Waals surface area contributed by atoms with E-state index >= 15 is 0 Å². The second-order valence-electron chi connectivity index (χ2n) is 5.05. The lowest BCUT2D eigenvalue weighted by Crippen LogP contribution is -2.49. The molecule has 0 saturated heterocycles. The first kappa shape index (κ1) is 17.3. The number of amides is 2. The van der Waals surface area contributed by atoms with E-state index in [1.165, 1.54) is 4.90 Å². The second-order valence-corrected chi connectivity index (χ2v) is 5.45. The maximum absolute atomic E-state index is 12.0. The van der Waals surface area contributed by atoms with Crippen molar-refractivity contribution < 1.29 is 19.8 Å². The minimum Gasteiger partial charge on any atom is -0.479 e. The van der Waals surface area contributed by atoms with Crippen LogP contribution >= 0.6 is 11.6 Å². The lowest BCUT2D eigenvalue weighted by atomic mass is 10.1. The molecule has 0 fully saturated rings. The van der Waals surface area contributed by atoms with Gasteiger partial charge in [0, 0.05) is 12.1 Å². The standard InChI is InChI=1S/C14H19ClN2O4/c1-9(10-6-4-5-7-11(10)15)17(3)13(20)16-8-14(2,21)12(18)19/h4-7,9,21H,8H2,1-3H3,(H,16,20)(H,18,19). The molecule has 0 heterocycles. The number of carboxylic acids is 1. The molecule has 1 aromatic carbocycles. The molecule has 2 atom stereocenters. The van der Waals surface area contributed by atoms with E-state index in [1.54, 1.807) is 26.1 Å². The van der Waals surface area contributed by atoms with Crippen LogP contribution < -0.4 is 5.32 Å². The van der Waals surface area contributed by atoms with Crippen LogP contribution in [-0.4, -0.2) is 46.3 Å². The molecule has 2 unspecified atom stereocenters. The normalized spacial score (nSPS) is 14.9. The first-order valence-corrected chi connectivity index (χ1v) is 6.75. The van der Waals surface area contributed by atoms with Crippen molar-refractivity contribution in [3.63, 3.8) is 0 Å². The number of carboxylic acid groups (broad SMARTS) is 1. The van der Waals surface area contributed by atoms with Gasteiger partial charge in [0.15, 0.2) is 5.60 Å². The van der Waals surface area contributed by atoms with Gasteiger partial charge in [0.1, 0.15) is 0 Å². The van der Waals surface area contributed by atoms with E-state index in [0.717, 1.165) is 12.5 Å². The van der Waals surface area contributed by atoms with E-state index < -0.39 is 17.6 Å². The summed E-state index contributed by atoms with van der Waals surface area (Å²) in [5.41, 5.74) is -1.23. The number of benzene rings is 1. The maximum atomic E-state index is 12.0. The monoisotopic (exact) mass is 314 g/mol. The quantitative estimate of drug-likeness (QED) is 0.774. The molecular weight excluding hydrogens is 296 g/mol. The number of carbonyl (C=O) groups is 2. The Bertz CT molecular complexity index is 533. The largest absolute Gasteiger partial charge is 0.479 e. The molecule has 0 aliphatic carbocycles. The molecule has 0 spiro atoms. The van der Waals surface area contributed by atoms with Gasteiger partial charge in [-0.3, -0.25) is 0 Å². The zero-order chi connectivity index (χ0) is 16.2. The van der Waals surface area contributed by atoms with Gasteiger partial charge in [0.25, 0.3) is 0 Å². The first-order valence-electron chi connectivity index (χ1n) is 6.37. The molecule has 0 aromatic heterocycles. The summed E-state index contributed by atoms with van der Waals surface area (Å²) in [6.45, 7) is 2.53. The summed E-state index contributed by atoms with van der Waals surface area (Å²) in [6.07, 6.45) is 0. The summed E-state index contributed by atoms with van der Waals surface area (Å²) in [5, 5.41) is 21.3. The molecule has 21 heavy (non-hydrogen) atoms. The van der Waals surface area contributed by atoms with Crippen molar-refractivity contribution in [2.24, 2.45) is 0 Å². The topological polar surface area (TPSA) is 89.9 Å². The number of rotatable bonds is 5. The first-order chi connectivity index (χ1) is 9.66. The minimum atomic E-state index is -2.01. The highest BCUT2D eigenvalue weighted by Crippen LogP contribution is 2.26. The molecule has 0 saturated carbocycles. The fourth-order valence-corrected chi connectivity index (χ4v) is 1.94. The maximum Gasteiger partial charge on any atom is 0.337 e. The van der Waals surface area contributed by atoms with Crippen LogP contribution in [0.4, 0.5) is 4.79 Å². The number of nitrogens with zero attached hydrogens (tertiary/aromatic N) is 1. The molecule has 0 aliphatic heterocycles. The van der Waals surface area contributed by atoms with Crippen LogP contribution in [0.25, 0.3) is 0 Å². The predicted molar refractivity (Wildman–Crippen MR) is 79.3 cm³/mol. The van der Waals surface area contributed by atoms with Gasteiger partial charge in [-0.15, -0.1) is 0 Å². The van der Waals surface area contributed by atoms with Gasteiger partial charge in [0.05, 0.1) is 12.6 Å². The summed E-state index contributed by atoms with van der Waals surface area (Å²) < 4.78 is 0. The van der Waals surface area contributed by atoms with Crippen molar-refractivity contribution in [1.82, 2.24) is 10.2 Å². The number of carbonyl (C=O) groups excluding carboxylic acids is 1. The average Bonchev–Trinajstić information content (AvgIpc) is 2.43.